The average molecular weight is 220 g/mol. The molecule has 0 aromatic carbocycles. The first-order valence-corrected chi connectivity index (χ1v) is 6.49. The molecule has 1 aliphatic heterocycles. The van der Waals surface area contributed by atoms with E-state index < -0.39 is 10.1 Å². The van der Waals surface area contributed by atoms with Crippen LogP contribution >= 0.6 is 0 Å². The number of piperidine rings is 1. The lowest BCUT2D eigenvalue weighted by atomic mass is 10.1. The van der Waals surface area contributed by atoms with Crippen LogP contribution in [0, 0.1) is 0 Å². The second-order valence-corrected chi connectivity index (χ2v) is 5.62. The van der Waals surface area contributed by atoms with Gasteiger partial charge in [-0.15, -0.1) is 0 Å². The Morgan fingerprint density at radius 1 is 1.29 bits per heavy atom. The van der Waals surface area contributed by atoms with Crippen molar-refractivity contribution >= 4 is 10.1 Å². The van der Waals surface area contributed by atoms with E-state index in [2.05, 4.69) is 7.05 Å². The zero-order valence-electron chi connectivity index (χ0n) is 8.52. The summed E-state index contributed by atoms with van der Waals surface area (Å²) in [5.74, 6) is -0.277. The van der Waals surface area contributed by atoms with Gasteiger partial charge in [0.1, 0.15) is 0 Å². The lowest BCUT2D eigenvalue weighted by molar-refractivity contribution is -0.864. The standard InChI is InChI=1S/C9H17NO3S/c1-10(6-3-2-4-7-10)8-5-9-14(11,12)13/h5,8H,2-4,6-7,9H2,1H3/p+1/b8-5+. The first-order chi connectivity index (χ1) is 6.41. The third kappa shape index (κ3) is 4.21. The van der Waals surface area contributed by atoms with Gasteiger partial charge in [-0.25, -0.2) is 0 Å². The number of rotatable bonds is 3. The van der Waals surface area contributed by atoms with E-state index >= 15 is 0 Å². The SMILES string of the molecule is C[N+]1(/C=C/CS(=O)(=O)O)CCCCC1. The molecule has 82 valence electrons. The van der Waals surface area contributed by atoms with Crippen LogP contribution in [0.3, 0.4) is 0 Å². The minimum atomic E-state index is -3.85. The third-order valence-corrected chi connectivity index (χ3v) is 3.22. The summed E-state index contributed by atoms with van der Waals surface area (Å²) in [5.41, 5.74) is 0. The monoisotopic (exact) mass is 220 g/mol. The Balaban J connectivity index is 2.49. The molecule has 0 aromatic heterocycles. The molecular weight excluding hydrogens is 202 g/mol. The molecule has 1 N–H and O–H groups in total. The topological polar surface area (TPSA) is 54.4 Å². The van der Waals surface area contributed by atoms with Gasteiger partial charge in [0.15, 0.2) is 0 Å². The van der Waals surface area contributed by atoms with Crippen LogP contribution in [0.2, 0.25) is 0 Å². The molecule has 0 amide bonds. The highest BCUT2D eigenvalue weighted by molar-refractivity contribution is 7.85. The molecule has 0 bridgehead atoms. The Labute approximate surface area is 85.6 Å². The fraction of sp³-hybridized carbons (Fsp3) is 0.778. The first-order valence-electron chi connectivity index (χ1n) is 4.88. The molecule has 0 spiro atoms. The summed E-state index contributed by atoms with van der Waals surface area (Å²) in [5, 5.41) is 0. The molecule has 1 rings (SSSR count). The largest absolute Gasteiger partial charge is 0.300 e. The predicted octanol–water partition coefficient (Wildman–Crippen LogP) is 1.02. The number of nitrogens with zero attached hydrogens (tertiary/aromatic N) is 1. The van der Waals surface area contributed by atoms with Crippen molar-refractivity contribution in [2.24, 2.45) is 0 Å². The number of likely N-dealkylation sites (tertiary alicyclic amines) is 1. The van der Waals surface area contributed by atoms with Gasteiger partial charge >= 0.3 is 0 Å². The van der Waals surface area contributed by atoms with Crippen LogP contribution in [0.4, 0.5) is 0 Å². The van der Waals surface area contributed by atoms with Crippen molar-refractivity contribution < 1.29 is 17.5 Å². The van der Waals surface area contributed by atoms with Gasteiger partial charge in [0.05, 0.1) is 32.1 Å². The van der Waals surface area contributed by atoms with E-state index in [9.17, 15) is 8.42 Å². The normalized spacial score (nSPS) is 22.7. The van der Waals surface area contributed by atoms with Crippen LogP contribution in [0.25, 0.3) is 0 Å². The molecule has 4 nitrogen and oxygen atoms in total. The van der Waals surface area contributed by atoms with Crippen molar-refractivity contribution in [1.29, 1.82) is 0 Å². The molecule has 1 heterocycles. The molecule has 0 radical (unpaired) electrons. The molecule has 0 atom stereocenters. The predicted molar refractivity (Wildman–Crippen MR) is 55.3 cm³/mol. The highest BCUT2D eigenvalue weighted by Gasteiger charge is 2.21. The van der Waals surface area contributed by atoms with Gasteiger partial charge in [-0.2, -0.15) is 8.42 Å². The van der Waals surface area contributed by atoms with E-state index in [1.54, 1.807) is 6.08 Å². The van der Waals surface area contributed by atoms with Gasteiger partial charge in [0.2, 0.25) is 0 Å². The summed E-state index contributed by atoms with van der Waals surface area (Å²) >= 11 is 0. The molecule has 5 heteroatoms. The van der Waals surface area contributed by atoms with Gasteiger partial charge in [-0.3, -0.25) is 9.04 Å². The van der Waals surface area contributed by atoms with E-state index in [-0.39, 0.29) is 5.75 Å². The molecule has 0 saturated carbocycles. The molecule has 14 heavy (non-hydrogen) atoms. The minimum absolute atomic E-state index is 0.277. The quantitative estimate of drug-likeness (QED) is 0.570. The Hall–Kier alpha value is -0.390. The van der Waals surface area contributed by atoms with Crippen LogP contribution in [-0.4, -0.2) is 43.3 Å². The van der Waals surface area contributed by atoms with Crippen LogP contribution in [0.5, 0.6) is 0 Å². The van der Waals surface area contributed by atoms with Crippen molar-refractivity contribution in [2.75, 3.05) is 25.9 Å². The first kappa shape index (κ1) is 11.7. The van der Waals surface area contributed by atoms with Crippen molar-refractivity contribution in [1.82, 2.24) is 0 Å². The number of hydrogen-bond acceptors (Lipinski definition) is 2. The van der Waals surface area contributed by atoms with Crippen molar-refractivity contribution in [2.45, 2.75) is 19.3 Å². The van der Waals surface area contributed by atoms with Gasteiger partial charge in [-0.1, -0.05) is 0 Å². The van der Waals surface area contributed by atoms with Crippen LogP contribution < -0.4 is 0 Å². The summed E-state index contributed by atoms with van der Waals surface area (Å²) in [6.07, 6.45) is 7.06. The molecule has 1 aliphatic rings. The third-order valence-electron chi connectivity index (χ3n) is 2.61. The molecule has 0 aliphatic carbocycles. The Morgan fingerprint density at radius 3 is 2.36 bits per heavy atom. The average Bonchev–Trinajstić information content (AvgIpc) is 2.02. The zero-order valence-corrected chi connectivity index (χ0v) is 9.33. The minimum Gasteiger partial charge on any atom is -0.300 e. The second-order valence-electron chi connectivity index (χ2n) is 4.12. The van der Waals surface area contributed by atoms with Gasteiger partial charge in [-0.05, 0) is 25.3 Å². The van der Waals surface area contributed by atoms with Crippen LogP contribution in [-0.2, 0) is 10.1 Å². The summed E-state index contributed by atoms with van der Waals surface area (Å²) in [4.78, 5) is 0. The summed E-state index contributed by atoms with van der Waals surface area (Å²) in [6, 6.07) is 0. The summed E-state index contributed by atoms with van der Waals surface area (Å²) in [7, 11) is -1.77. The van der Waals surface area contributed by atoms with Gasteiger partial charge < -0.3 is 0 Å². The van der Waals surface area contributed by atoms with E-state index in [0.29, 0.717) is 0 Å². The summed E-state index contributed by atoms with van der Waals surface area (Å²) < 4.78 is 30.3. The fourth-order valence-electron chi connectivity index (χ4n) is 1.80. The summed E-state index contributed by atoms with van der Waals surface area (Å²) in [6.45, 7) is 2.12. The molecule has 0 unspecified atom stereocenters. The van der Waals surface area contributed by atoms with Crippen molar-refractivity contribution in [3.63, 3.8) is 0 Å². The lowest BCUT2D eigenvalue weighted by Gasteiger charge is -2.33. The maximum absolute atomic E-state index is 10.5. The van der Waals surface area contributed by atoms with E-state index in [1.807, 2.05) is 6.20 Å². The second kappa shape index (κ2) is 4.42. The van der Waals surface area contributed by atoms with E-state index in [4.69, 9.17) is 4.55 Å². The molecular formula is C9H18NO3S+. The number of quaternary nitrogens is 1. The van der Waals surface area contributed by atoms with Crippen LogP contribution in [0.1, 0.15) is 19.3 Å². The maximum Gasteiger partial charge on any atom is 0.268 e. The molecule has 1 fully saturated rings. The highest BCUT2D eigenvalue weighted by Crippen LogP contribution is 2.16. The lowest BCUT2D eigenvalue weighted by Crippen LogP contribution is -2.42. The Kier molecular flexibility index (Phi) is 3.69. The van der Waals surface area contributed by atoms with E-state index in [0.717, 1.165) is 17.6 Å². The van der Waals surface area contributed by atoms with Gasteiger partial charge in [0.25, 0.3) is 10.1 Å². The smallest absolute Gasteiger partial charge is 0.268 e. The number of hydrogen-bond donors (Lipinski definition) is 1. The van der Waals surface area contributed by atoms with Crippen molar-refractivity contribution in [3.05, 3.63) is 12.3 Å². The fourth-order valence-corrected chi connectivity index (χ4v) is 2.13. The molecule has 0 aromatic rings. The van der Waals surface area contributed by atoms with Crippen LogP contribution in [0.15, 0.2) is 12.3 Å². The highest BCUT2D eigenvalue weighted by atomic mass is 32.2. The zero-order chi connectivity index (χ0) is 10.7. The Morgan fingerprint density at radius 2 is 1.86 bits per heavy atom. The maximum atomic E-state index is 10.5. The van der Waals surface area contributed by atoms with Gasteiger partial charge in [0, 0.05) is 0 Å². The molecule has 1 saturated heterocycles. The van der Waals surface area contributed by atoms with Crippen molar-refractivity contribution in [3.8, 4) is 0 Å². The van der Waals surface area contributed by atoms with E-state index in [1.165, 1.54) is 19.3 Å². The Bertz CT molecular complexity index is 302.